The molecule has 0 aromatic heterocycles. The minimum atomic E-state index is 0.432. The molecule has 0 aliphatic heterocycles. The van der Waals surface area contributed by atoms with Gasteiger partial charge in [-0.15, -0.1) is 0 Å². The van der Waals surface area contributed by atoms with E-state index in [1.165, 1.54) is 18.4 Å². The first-order chi connectivity index (χ1) is 6.20. The van der Waals surface area contributed by atoms with Gasteiger partial charge in [-0.3, -0.25) is 0 Å². The van der Waals surface area contributed by atoms with Crippen LogP contribution in [0.2, 0.25) is 0 Å². The van der Waals surface area contributed by atoms with Crippen molar-refractivity contribution in [3.05, 3.63) is 35.6 Å². The molecule has 1 N–H and O–H groups in total. The smallest absolute Gasteiger partial charge is 0.114 e. The van der Waals surface area contributed by atoms with Crippen molar-refractivity contribution >= 4 is 0 Å². The van der Waals surface area contributed by atoms with Crippen LogP contribution in [0.3, 0.4) is 0 Å². The van der Waals surface area contributed by atoms with Crippen LogP contribution in [0.1, 0.15) is 33.1 Å². The van der Waals surface area contributed by atoms with Crippen molar-refractivity contribution in [2.45, 2.75) is 33.1 Å². The number of allylic oxidation sites excluding steroid dienone is 4. The van der Waals surface area contributed by atoms with Crippen LogP contribution in [0.5, 0.6) is 0 Å². The van der Waals surface area contributed by atoms with Crippen LogP contribution in [0.4, 0.5) is 0 Å². The molecular weight excluding hydrogens is 160 g/mol. The lowest BCUT2D eigenvalue weighted by Gasteiger charge is -2.23. The van der Waals surface area contributed by atoms with Gasteiger partial charge in [0.25, 0.3) is 0 Å². The van der Waals surface area contributed by atoms with Gasteiger partial charge in [-0.1, -0.05) is 19.6 Å². The van der Waals surface area contributed by atoms with E-state index < -0.39 is 0 Å². The van der Waals surface area contributed by atoms with E-state index in [0.29, 0.717) is 11.7 Å². The standard InChI is InChI=1S/C12H18O/c1-4-10-9(3)7-6-8-11(10)12(13)5-2/h4-5,9,13H,1,6-8H2,2-3H3/b12-5+/t9-/m1/s1. The van der Waals surface area contributed by atoms with Crippen molar-refractivity contribution < 1.29 is 5.11 Å². The molecule has 0 saturated carbocycles. The van der Waals surface area contributed by atoms with Gasteiger partial charge >= 0.3 is 0 Å². The van der Waals surface area contributed by atoms with Crippen LogP contribution in [-0.2, 0) is 0 Å². The zero-order chi connectivity index (χ0) is 9.84. The van der Waals surface area contributed by atoms with Crippen molar-refractivity contribution in [1.82, 2.24) is 0 Å². The lowest BCUT2D eigenvalue weighted by Crippen LogP contribution is -2.09. The Hall–Kier alpha value is -0.980. The highest BCUT2D eigenvalue weighted by atomic mass is 16.3. The van der Waals surface area contributed by atoms with Crippen LogP contribution < -0.4 is 0 Å². The second-order valence-electron chi connectivity index (χ2n) is 3.61. The minimum absolute atomic E-state index is 0.432. The van der Waals surface area contributed by atoms with E-state index in [1.54, 1.807) is 6.08 Å². The van der Waals surface area contributed by atoms with E-state index in [-0.39, 0.29) is 0 Å². The normalized spacial score (nSPS) is 24.8. The Labute approximate surface area is 80.5 Å². The van der Waals surface area contributed by atoms with Crippen molar-refractivity contribution in [2.24, 2.45) is 5.92 Å². The summed E-state index contributed by atoms with van der Waals surface area (Å²) in [6.45, 7) is 7.86. The quantitative estimate of drug-likeness (QED) is 0.638. The zero-order valence-corrected chi connectivity index (χ0v) is 8.51. The van der Waals surface area contributed by atoms with Gasteiger partial charge in [-0.2, -0.15) is 0 Å². The molecule has 1 heteroatoms. The highest BCUT2D eigenvalue weighted by molar-refractivity contribution is 5.38. The fraction of sp³-hybridized carbons (Fsp3) is 0.500. The Balaban J connectivity index is 3.06. The number of hydrogen-bond donors (Lipinski definition) is 1. The molecule has 0 saturated heterocycles. The van der Waals surface area contributed by atoms with Crippen LogP contribution >= 0.6 is 0 Å². The van der Waals surface area contributed by atoms with Crippen LogP contribution in [-0.4, -0.2) is 5.11 Å². The molecule has 0 aromatic rings. The molecule has 0 heterocycles. The maximum absolute atomic E-state index is 9.66. The SMILES string of the molecule is C=CC1=C(/C(O)=C\C)CCC[C@H]1C. The Morgan fingerprint density at radius 3 is 2.85 bits per heavy atom. The Morgan fingerprint density at radius 2 is 2.31 bits per heavy atom. The average Bonchev–Trinajstić information content (AvgIpc) is 2.16. The van der Waals surface area contributed by atoms with Crippen molar-refractivity contribution in [3.8, 4) is 0 Å². The van der Waals surface area contributed by atoms with Crippen molar-refractivity contribution in [3.63, 3.8) is 0 Å². The summed E-state index contributed by atoms with van der Waals surface area (Å²) in [6, 6.07) is 0. The van der Waals surface area contributed by atoms with Gasteiger partial charge in [-0.25, -0.2) is 0 Å². The molecule has 0 fully saturated rings. The average molecular weight is 178 g/mol. The largest absolute Gasteiger partial charge is 0.508 e. The molecule has 1 atom stereocenters. The summed E-state index contributed by atoms with van der Waals surface area (Å²) in [6.07, 6.45) is 7.02. The first-order valence-corrected chi connectivity index (χ1v) is 4.91. The van der Waals surface area contributed by atoms with Crippen molar-refractivity contribution in [2.75, 3.05) is 0 Å². The maximum atomic E-state index is 9.66. The first-order valence-electron chi connectivity index (χ1n) is 4.91. The van der Waals surface area contributed by atoms with Crippen molar-refractivity contribution in [1.29, 1.82) is 0 Å². The third-order valence-corrected chi connectivity index (χ3v) is 2.75. The topological polar surface area (TPSA) is 20.2 Å². The molecule has 1 rings (SSSR count). The van der Waals surface area contributed by atoms with Gasteiger partial charge in [0.1, 0.15) is 5.76 Å². The summed E-state index contributed by atoms with van der Waals surface area (Å²) < 4.78 is 0. The highest BCUT2D eigenvalue weighted by Gasteiger charge is 2.18. The Morgan fingerprint density at radius 1 is 1.62 bits per heavy atom. The third kappa shape index (κ3) is 2.03. The molecule has 0 bridgehead atoms. The lowest BCUT2D eigenvalue weighted by atomic mass is 9.83. The van der Waals surface area contributed by atoms with E-state index in [0.717, 1.165) is 12.0 Å². The molecule has 0 amide bonds. The van der Waals surface area contributed by atoms with E-state index in [2.05, 4.69) is 13.5 Å². The predicted molar refractivity (Wildman–Crippen MR) is 56.6 cm³/mol. The summed E-state index contributed by atoms with van der Waals surface area (Å²) in [4.78, 5) is 0. The van der Waals surface area contributed by atoms with Gasteiger partial charge < -0.3 is 5.11 Å². The fourth-order valence-corrected chi connectivity index (χ4v) is 1.96. The third-order valence-electron chi connectivity index (χ3n) is 2.75. The second-order valence-corrected chi connectivity index (χ2v) is 3.61. The highest BCUT2D eigenvalue weighted by Crippen LogP contribution is 2.33. The molecule has 1 nitrogen and oxygen atoms in total. The van der Waals surface area contributed by atoms with Crippen LogP contribution in [0, 0.1) is 5.92 Å². The molecule has 0 aromatic carbocycles. The van der Waals surface area contributed by atoms with E-state index >= 15 is 0 Å². The number of hydrogen-bond acceptors (Lipinski definition) is 1. The summed E-state index contributed by atoms with van der Waals surface area (Å²) in [5, 5.41) is 9.66. The van der Waals surface area contributed by atoms with Gasteiger partial charge in [0.15, 0.2) is 0 Å². The molecule has 1 aliphatic carbocycles. The zero-order valence-electron chi connectivity index (χ0n) is 8.51. The van der Waals surface area contributed by atoms with Gasteiger partial charge in [-0.05, 0) is 49.3 Å². The maximum Gasteiger partial charge on any atom is 0.114 e. The van der Waals surface area contributed by atoms with E-state index in [1.807, 2.05) is 13.0 Å². The second kappa shape index (κ2) is 4.31. The summed E-state index contributed by atoms with van der Waals surface area (Å²) in [5.41, 5.74) is 2.32. The summed E-state index contributed by atoms with van der Waals surface area (Å²) in [5.74, 6) is 0.977. The van der Waals surface area contributed by atoms with Crippen LogP contribution in [0.15, 0.2) is 35.6 Å². The van der Waals surface area contributed by atoms with Gasteiger partial charge in [0, 0.05) is 0 Å². The molecule has 13 heavy (non-hydrogen) atoms. The molecule has 1 aliphatic rings. The lowest BCUT2D eigenvalue weighted by molar-refractivity contribution is 0.404. The van der Waals surface area contributed by atoms with Gasteiger partial charge in [0.05, 0.1) is 0 Å². The Kier molecular flexibility index (Phi) is 3.35. The minimum Gasteiger partial charge on any atom is -0.508 e. The summed E-state index contributed by atoms with van der Waals surface area (Å²) >= 11 is 0. The number of aliphatic hydroxyl groups is 1. The molecule has 0 spiro atoms. The molecule has 0 unspecified atom stereocenters. The molecule has 72 valence electrons. The number of rotatable bonds is 2. The van der Waals surface area contributed by atoms with E-state index in [4.69, 9.17) is 0 Å². The fourth-order valence-electron chi connectivity index (χ4n) is 1.96. The predicted octanol–water partition coefficient (Wildman–Crippen LogP) is 3.75. The monoisotopic (exact) mass is 178 g/mol. The van der Waals surface area contributed by atoms with E-state index in [9.17, 15) is 5.11 Å². The molecular formula is C12H18O. The summed E-state index contributed by atoms with van der Waals surface area (Å²) in [7, 11) is 0. The van der Waals surface area contributed by atoms with Gasteiger partial charge in [0.2, 0.25) is 0 Å². The molecule has 0 radical (unpaired) electrons. The Bertz CT molecular complexity index is 258. The first kappa shape index (κ1) is 10.1. The van der Waals surface area contributed by atoms with Crippen LogP contribution in [0.25, 0.3) is 0 Å². The number of aliphatic hydroxyl groups excluding tert-OH is 1.